The monoisotopic (exact) mass is 329 g/mol. The molecule has 0 aliphatic carbocycles. The van der Waals surface area contributed by atoms with E-state index in [2.05, 4.69) is 10.1 Å². The summed E-state index contributed by atoms with van der Waals surface area (Å²) in [6.45, 7) is 0. The third-order valence-electron chi connectivity index (χ3n) is 3.26. The van der Waals surface area contributed by atoms with Gasteiger partial charge in [0, 0.05) is 17.2 Å². The van der Waals surface area contributed by atoms with Gasteiger partial charge in [0.05, 0.1) is 6.04 Å². The fourth-order valence-corrected chi connectivity index (χ4v) is 2.85. The SMILES string of the molecule is O=[S@@](C#CF)c1nc2n(n1)[C@H](c1cc(F)ccc1F)C[C@@H]2F. The molecule has 1 aromatic carbocycles. The van der Waals surface area contributed by atoms with Gasteiger partial charge in [0.15, 0.2) is 22.8 Å². The van der Waals surface area contributed by atoms with E-state index in [1.165, 1.54) is 0 Å². The number of alkyl halides is 1. The number of rotatable bonds is 2. The minimum Gasteiger partial charge on any atom is -0.239 e. The van der Waals surface area contributed by atoms with E-state index in [0.717, 1.165) is 29.1 Å². The van der Waals surface area contributed by atoms with Crippen LogP contribution in [0, 0.1) is 23.1 Å². The Morgan fingerprint density at radius 1 is 1.36 bits per heavy atom. The van der Waals surface area contributed by atoms with E-state index in [-0.39, 0.29) is 23.0 Å². The van der Waals surface area contributed by atoms with Crippen LogP contribution < -0.4 is 0 Å². The zero-order valence-corrected chi connectivity index (χ0v) is 11.6. The Hall–Kier alpha value is -2.21. The van der Waals surface area contributed by atoms with Crippen molar-refractivity contribution in [3.8, 4) is 11.4 Å². The summed E-state index contributed by atoms with van der Waals surface area (Å²) in [5.74, 6) is -1.56. The summed E-state index contributed by atoms with van der Waals surface area (Å²) in [6, 6.07) is 1.90. The summed E-state index contributed by atoms with van der Waals surface area (Å²) >= 11 is 0. The van der Waals surface area contributed by atoms with Crippen molar-refractivity contribution in [2.45, 2.75) is 23.8 Å². The summed E-state index contributed by atoms with van der Waals surface area (Å²) in [4.78, 5) is 3.71. The highest BCUT2D eigenvalue weighted by Gasteiger charge is 2.37. The fourth-order valence-electron chi connectivity index (χ4n) is 2.35. The van der Waals surface area contributed by atoms with E-state index in [0.29, 0.717) is 0 Å². The predicted octanol–water partition coefficient (Wildman–Crippen LogP) is 2.56. The van der Waals surface area contributed by atoms with Gasteiger partial charge in [0.25, 0.3) is 5.16 Å². The van der Waals surface area contributed by atoms with Crippen LogP contribution in [0.25, 0.3) is 0 Å². The van der Waals surface area contributed by atoms with Crippen LogP contribution in [0.1, 0.15) is 30.0 Å². The largest absolute Gasteiger partial charge is 0.252 e. The number of fused-ring (bicyclic) bond motifs is 1. The van der Waals surface area contributed by atoms with E-state index >= 15 is 0 Å². The lowest BCUT2D eigenvalue weighted by molar-refractivity contribution is 0.325. The molecule has 0 bridgehead atoms. The molecule has 22 heavy (non-hydrogen) atoms. The molecule has 3 rings (SSSR count). The van der Waals surface area contributed by atoms with Crippen molar-refractivity contribution in [3.63, 3.8) is 0 Å². The molecule has 0 N–H and O–H groups in total. The van der Waals surface area contributed by atoms with Crippen molar-refractivity contribution in [2.24, 2.45) is 0 Å². The molecule has 1 aromatic heterocycles. The average Bonchev–Trinajstić information content (AvgIpc) is 3.03. The Labute approximate surface area is 124 Å². The van der Waals surface area contributed by atoms with Crippen molar-refractivity contribution in [3.05, 3.63) is 41.2 Å². The summed E-state index contributed by atoms with van der Waals surface area (Å²) in [5, 5.41) is 5.13. The first-order valence-corrected chi connectivity index (χ1v) is 7.24. The highest BCUT2D eigenvalue weighted by molar-refractivity contribution is 7.89. The van der Waals surface area contributed by atoms with Crippen molar-refractivity contribution >= 4 is 10.8 Å². The molecular formula is C13H7F4N3OS. The molecule has 0 saturated heterocycles. The molecule has 9 heteroatoms. The molecule has 0 spiro atoms. The van der Waals surface area contributed by atoms with Gasteiger partial charge in [-0.2, -0.15) is 0 Å². The molecule has 0 saturated carbocycles. The second kappa shape index (κ2) is 5.53. The summed E-state index contributed by atoms with van der Waals surface area (Å²) in [5.41, 5.74) is -0.0831. The molecular weight excluding hydrogens is 322 g/mol. The molecule has 3 atom stereocenters. The number of halogens is 4. The van der Waals surface area contributed by atoms with Crippen molar-refractivity contribution in [1.82, 2.24) is 14.8 Å². The Kier molecular flexibility index (Phi) is 3.70. The second-order valence-corrected chi connectivity index (χ2v) is 5.65. The van der Waals surface area contributed by atoms with Crippen LogP contribution in [0.3, 0.4) is 0 Å². The zero-order chi connectivity index (χ0) is 15.9. The average molecular weight is 329 g/mol. The van der Waals surface area contributed by atoms with E-state index in [9.17, 15) is 21.8 Å². The van der Waals surface area contributed by atoms with Gasteiger partial charge in [-0.3, -0.25) is 0 Å². The van der Waals surface area contributed by atoms with Gasteiger partial charge in [-0.25, -0.2) is 27.0 Å². The van der Waals surface area contributed by atoms with Gasteiger partial charge >= 0.3 is 0 Å². The highest BCUT2D eigenvalue weighted by Crippen LogP contribution is 2.40. The van der Waals surface area contributed by atoms with Crippen LogP contribution in [0.5, 0.6) is 0 Å². The van der Waals surface area contributed by atoms with Gasteiger partial charge in [0.2, 0.25) is 0 Å². The first-order chi connectivity index (χ1) is 10.5. The van der Waals surface area contributed by atoms with Crippen LogP contribution in [-0.4, -0.2) is 19.0 Å². The van der Waals surface area contributed by atoms with Crippen molar-refractivity contribution in [2.75, 3.05) is 0 Å². The summed E-state index contributed by atoms with van der Waals surface area (Å²) in [7, 11) is -2.15. The Balaban J connectivity index is 2.06. The van der Waals surface area contributed by atoms with E-state index in [1.807, 2.05) is 0 Å². The number of hydrogen-bond acceptors (Lipinski definition) is 3. The second-order valence-electron chi connectivity index (χ2n) is 4.55. The van der Waals surface area contributed by atoms with Crippen LogP contribution in [0.2, 0.25) is 0 Å². The Morgan fingerprint density at radius 3 is 2.86 bits per heavy atom. The lowest BCUT2D eigenvalue weighted by Gasteiger charge is -2.12. The first-order valence-electron chi connectivity index (χ1n) is 6.09. The predicted molar refractivity (Wildman–Crippen MR) is 68.3 cm³/mol. The minimum absolute atomic E-state index is 0.0831. The maximum Gasteiger partial charge on any atom is 0.252 e. The normalized spacial score (nSPS) is 21.1. The van der Waals surface area contributed by atoms with Crippen LogP contribution in [0.15, 0.2) is 23.4 Å². The van der Waals surface area contributed by atoms with E-state index in [4.69, 9.17) is 0 Å². The quantitative estimate of drug-likeness (QED) is 0.628. The molecule has 114 valence electrons. The minimum atomic E-state index is -2.15. The van der Waals surface area contributed by atoms with Gasteiger partial charge in [0.1, 0.15) is 17.8 Å². The highest BCUT2D eigenvalue weighted by atomic mass is 32.2. The lowest BCUT2D eigenvalue weighted by Crippen LogP contribution is -2.10. The molecule has 2 aromatic rings. The van der Waals surface area contributed by atoms with E-state index < -0.39 is 34.6 Å². The van der Waals surface area contributed by atoms with Crippen LogP contribution in [-0.2, 0) is 10.8 Å². The zero-order valence-electron chi connectivity index (χ0n) is 10.8. The van der Waals surface area contributed by atoms with Gasteiger partial charge < -0.3 is 0 Å². The van der Waals surface area contributed by atoms with Crippen molar-refractivity contribution < 1.29 is 21.8 Å². The number of nitrogens with zero attached hydrogens (tertiary/aromatic N) is 3. The molecule has 0 unspecified atom stereocenters. The number of benzene rings is 1. The maximum absolute atomic E-state index is 14.0. The summed E-state index contributed by atoms with van der Waals surface area (Å²) in [6.07, 6.45) is -0.790. The topological polar surface area (TPSA) is 47.8 Å². The van der Waals surface area contributed by atoms with Crippen LogP contribution in [0.4, 0.5) is 17.6 Å². The molecule has 0 radical (unpaired) electrons. The summed E-state index contributed by atoms with van der Waals surface area (Å²) < 4.78 is 65.6. The van der Waals surface area contributed by atoms with Gasteiger partial charge in [-0.05, 0) is 18.2 Å². The van der Waals surface area contributed by atoms with Gasteiger partial charge in [-0.1, -0.05) is 0 Å². The number of aromatic nitrogens is 3. The first kappa shape index (κ1) is 14.7. The van der Waals surface area contributed by atoms with Crippen LogP contribution >= 0.6 is 0 Å². The standard InChI is InChI=1S/C13H7F4N3OS/c14-3-4-22(21)13-18-12-10(17)6-11(20(12)19-13)8-5-7(15)1-2-9(8)16/h1-2,5,10-11H,6H2/t10-,11-,22-/m0/s1. The molecule has 1 aliphatic rings. The maximum atomic E-state index is 14.0. The molecule has 0 fully saturated rings. The van der Waals surface area contributed by atoms with E-state index in [1.54, 1.807) is 5.25 Å². The van der Waals surface area contributed by atoms with Gasteiger partial charge in [-0.15, -0.1) is 9.49 Å². The fraction of sp³-hybridized carbons (Fsp3) is 0.231. The molecule has 4 nitrogen and oxygen atoms in total. The third-order valence-corrected chi connectivity index (χ3v) is 4.03. The Morgan fingerprint density at radius 2 is 2.14 bits per heavy atom. The molecule has 2 heterocycles. The Bertz CT molecular complexity index is 826. The van der Waals surface area contributed by atoms with Crippen molar-refractivity contribution in [1.29, 1.82) is 0 Å². The molecule has 1 aliphatic heterocycles. The lowest BCUT2D eigenvalue weighted by atomic mass is 10.0. The third kappa shape index (κ3) is 2.39. The number of hydrogen-bond donors (Lipinski definition) is 0. The smallest absolute Gasteiger partial charge is 0.239 e. The molecule has 0 amide bonds.